The monoisotopic (exact) mass is 262 g/mol. The van der Waals surface area contributed by atoms with Crippen molar-refractivity contribution in [3.05, 3.63) is 29.3 Å². The first kappa shape index (κ1) is 13.9. The van der Waals surface area contributed by atoms with Crippen LogP contribution in [0.2, 0.25) is 0 Å². The van der Waals surface area contributed by atoms with Crippen molar-refractivity contribution in [3.63, 3.8) is 0 Å². The van der Waals surface area contributed by atoms with Gasteiger partial charge in [0.25, 0.3) is 0 Å². The summed E-state index contributed by atoms with van der Waals surface area (Å²) < 4.78 is 0. The normalized spacial score (nSPS) is 19.8. The van der Waals surface area contributed by atoms with E-state index >= 15 is 0 Å². The summed E-state index contributed by atoms with van der Waals surface area (Å²) in [6.07, 6.45) is 0. The van der Waals surface area contributed by atoms with Gasteiger partial charge in [0.2, 0.25) is 0 Å². The number of rotatable bonds is 3. The van der Waals surface area contributed by atoms with Gasteiger partial charge in [-0.3, -0.25) is 4.79 Å². The van der Waals surface area contributed by atoms with Gasteiger partial charge in [0.05, 0.1) is 0 Å². The molecule has 2 rings (SSSR count). The third-order valence-electron chi connectivity index (χ3n) is 3.68. The zero-order valence-electron chi connectivity index (χ0n) is 11.8. The van der Waals surface area contributed by atoms with Gasteiger partial charge in [0, 0.05) is 25.3 Å². The first-order chi connectivity index (χ1) is 9.00. The highest BCUT2D eigenvalue weighted by Crippen LogP contribution is 2.31. The van der Waals surface area contributed by atoms with Crippen LogP contribution in [-0.4, -0.2) is 36.8 Å². The van der Waals surface area contributed by atoms with Gasteiger partial charge < -0.3 is 15.3 Å². The molecule has 4 heteroatoms. The number of carboxylic acid groups (broad SMARTS) is 1. The average Bonchev–Trinajstić information content (AvgIpc) is 2.38. The molecule has 0 bridgehead atoms. The van der Waals surface area contributed by atoms with Crippen LogP contribution in [0.5, 0.6) is 0 Å². The maximum absolute atomic E-state index is 11.1. The number of para-hydroxylation sites is 1. The number of aryl methyl sites for hydroxylation is 1. The topological polar surface area (TPSA) is 52.6 Å². The maximum Gasteiger partial charge on any atom is 0.322 e. The van der Waals surface area contributed by atoms with Crippen molar-refractivity contribution < 1.29 is 9.90 Å². The lowest BCUT2D eigenvalue weighted by Crippen LogP contribution is -2.54. The van der Waals surface area contributed by atoms with Crippen molar-refractivity contribution in [2.75, 3.05) is 24.5 Å². The summed E-state index contributed by atoms with van der Waals surface area (Å²) in [6, 6.07) is 5.84. The lowest BCUT2D eigenvalue weighted by molar-refractivity contribution is -0.139. The Morgan fingerprint density at radius 2 is 2.21 bits per heavy atom. The molecule has 0 aromatic heterocycles. The average molecular weight is 262 g/mol. The third-order valence-corrected chi connectivity index (χ3v) is 3.68. The zero-order valence-corrected chi connectivity index (χ0v) is 11.8. The number of anilines is 1. The minimum absolute atomic E-state index is 0.438. The van der Waals surface area contributed by atoms with Crippen molar-refractivity contribution in [2.45, 2.75) is 32.7 Å². The van der Waals surface area contributed by atoms with Crippen LogP contribution in [0.3, 0.4) is 0 Å². The van der Waals surface area contributed by atoms with Gasteiger partial charge in [0.15, 0.2) is 0 Å². The molecule has 104 valence electrons. The number of hydrogen-bond acceptors (Lipinski definition) is 3. The molecular formula is C15H22N2O2. The molecule has 0 saturated carbocycles. The first-order valence-electron chi connectivity index (χ1n) is 6.81. The Hall–Kier alpha value is -1.55. The van der Waals surface area contributed by atoms with E-state index < -0.39 is 12.0 Å². The van der Waals surface area contributed by atoms with Crippen molar-refractivity contribution in [2.24, 2.45) is 0 Å². The van der Waals surface area contributed by atoms with Crippen LogP contribution in [0.15, 0.2) is 18.2 Å². The van der Waals surface area contributed by atoms with Crippen LogP contribution >= 0.6 is 0 Å². The fourth-order valence-corrected chi connectivity index (χ4v) is 2.70. The summed E-state index contributed by atoms with van der Waals surface area (Å²) in [5.74, 6) is -0.336. The molecule has 1 atom stereocenters. The number of nitrogens with one attached hydrogen (secondary N) is 1. The molecule has 1 unspecified atom stereocenters. The zero-order chi connectivity index (χ0) is 14.0. The van der Waals surface area contributed by atoms with Gasteiger partial charge in [-0.1, -0.05) is 32.0 Å². The highest BCUT2D eigenvalue weighted by molar-refractivity contribution is 5.75. The Kier molecular flexibility index (Phi) is 4.10. The molecule has 1 aliphatic rings. The summed E-state index contributed by atoms with van der Waals surface area (Å²) in [5, 5.41) is 12.2. The van der Waals surface area contributed by atoms with Crippen molar-refractivity contribution in [1.29, 1.82) is 0 Å². The maximum atomic E-state index is 11.1. The standard InChI is InChI=1S/C15H22N2O2/c1-10(2)12-6-4-5-11(3)14(12)17-8-7-16-13(9-17)15(18)19/h4-6,10,13,16H,7-9H2,1-3H3,(H,18,19). The Morgan fingerprint density at radius 3 is 2.84 bits per heavy atom. The number of carboxylic acids is 1. The highest BCUT2D eigenvalue weighted by Gasteiger charge is 2.27. The van der Waals surface area contributed by atoms with E-state index in [-0.39, 0.29) is 0 Å². The van der Waals surface area contributed by atoms with E-state index in [4.69, 9.17) is 5.11 Å². The predicted octanol–water partition coefficient (Wildman–Crippen LogP) is 1.98. The Balaban J connectivity index is 2.33. The van der Waals surface area contributed by atoms with Crippen LogP contribution in [0.4, 0.5) is 5.69 Å². The number of carbonyl (C=O) groups is 1. The van der Waals surface area contributed by atoms with E-state index in [2.05, 4.69) is 49.2 Å². The summed E-state index contributed by atoms with van der Waals surface area (Å²) in [4.78, 5) is 13.4. The number of piperazine rings is 1. The second-order valence-corrected chi connectivity index (χ2v) is 5.46. The number of hydrogen-bond donors (Lipinski definition) is 2. The van der Waals surface area contributed by atoms with Crippen LogP contribution < -0.4 is 10.2 Å². The molecule has 1 aliphatic heterocycles. The molecule has 1 fully saturated rings. The van der Waals surface area contributed by atoms with Gasteiger partial charge in [-0.25, -0.2) is 0 Å². The Morgan fingerprint density at radius 1 is 1.47 bits per heavy atom. The van der Waals surface area contributed by atoms with E-state index in [1.807, 2.05) is 0 Å². The van der Waals surface area contributed by atoms with Crippen LogP contribution in [0.25, 0.3) is 0 Å². The second-order valence-electron chi connectivity index (χ2n) is 5.46. The van der Waals surface area contributed by atoms with Crippen molar-refractivity contribution in [1.82, 2.24) is 5.32 Å². The van der Waals surface area contributed by atoms with Crippen molar-refractivity contribution >= 4 is 11.7 Å². The minimum Gasteiger partial charge on any atom is -0.480 e. The molecule has 1 aromatic carbocycles. The predicted molar refractivity (Wildman–Crippen MR) is 76.9 cm³/mol. The largest absolute Gasteiger partial charge is 0.480 e. The van der Waals surface area contributed by atoms with Gasteiger partial charge in [0.1, 0.15) is 6.04 Å². The van der Waals surface area contributed by atoms with Crippen molar-refractivity contribution in [3.8, 4) is 0 Å². The summed E-state index contributed by atoms with van der Waals surface area (Å²) in [5.41, 5.74) is 3.73. The lowest BCUT2D eigenvalue weighted by Gasteiger charge is -2.36. The molecule has 2 N–H and O–H groups in total. The molecule has 1 heterocycles. The van der Waals surface area contributed by atoms with Gasteiger partial charge in [-0.2, -0.15) is 0 Å². The van der Waals surface area contributed by atoms with Gasteiger partial charge >= 0.3 is 5.97 Å². The third kappa shape index (κ3) is 2.89. The Labute approximate surface area is 114 Å². The van der Waals surface area contributed by atoms with E-state index in [0.717, 1.165) is 6.54 Å². The molecule has 4 nitrogen and oxygen atoms in total. The molecule has 1 saturated heterocycles. The molecule has 1 aromatic rings. The molecule has 0 amide bonds. The second kappa shape index (κ2) is 5.61. The molecule has 19 heavy (non-hydrogen) atoms. The van der Waals surface area contributed by atoms with Crippen LogP contribution in [0.1, 0.15) is 30.9 Å². The van der Waals surface area contributed by atoms with E-state index in [0.29, 0.717) is 19.0 Å². The molecule has 0 radical (unpaired) electrons. The lowest BCUT2D eigenvalue weighted by atomic mass is 9.96. The molecular weight excluding hydrogens is 240 g/mol. The summed E-state index contributed by atoms with van der Waals surface area (Å²) in [7, 11) is 0. The van der Waals surface area contributed by atoms with E-state index in [9.17, 15) is 4.79 Å². The molecule has 0 aliphatic carbocycles. The summed E-state index contributed by atoms with van der Waals surface area (Å²) >= 11 is 0. The van der Waals surface area contributed by atoms with E-state index in [1.165, 1.54) is 16.8 Å². The van der Waals surface area contributed by atoms with Crippen LogP contribution in [-0.2, 0) is 4.79 Å². The fourth-order valence-electron chi connectivity index (χ4n) is 2.70. The van der Waals surface area contributed by atoms with Gasteiger partial charge in [-0.15, -0.1) is 0 Å². The quantitative estimate of drug-likeness (QED) is 0.874. The SMILES string of the molecule is Cc1cccc(C(C)C)c1N1CCNC(C(=O)O)C1. The molecule has 0 spiro atoms. The minimum atomic E-state index is -0.774. The fraction of sp³-hybridized carbons (Fsp3) is 0.533. The number of benzene rings is 1. The van der Waals surface area contributed by atoms with Gasteiger partial charge in [-0.05, 0) is 24.0 Å². The summed E-state index contributed by atoms with van der Waals surface area (Å²) in [6.45, 7) is 8.54. The van der Waals surface area contributed by atoms with E-state index in [1.54, 1.807) is 0 Å². The Bertz CT molecular complexity index is 471. The first-order valence-corrected chi connectivity index (χ1v) is 6.81. The number of nitrogens with zero attached hydrogens (tertiary/aromatic N) is 1. The van der Waals surface area contributed by atoms with Crippen LogP contribution in [0, 0.1) is 6.92 Å². The number of aliphatic carboxylic acids is 1. The highest BCUT2D eigenvalue weighted by atomic mass is 16.4. The smallest absolute Gasteiger partial charge is 0.322 e.